The van der Waals surface area contributed by atoms with Crippen molar-refractivity contribution in [3.8, 4) is 0 Å². The van der Waals surface area contributed by atoms with Crippen molar-refractivity contribution in [1.82, 2.24) is 0 Å². The van der Waals surface area contributed by atoms with Gasteiger partial charge in [-0.3, -0.25) is 4.79 Å². The molecule has 0 spiro atoms. The van der Waals surface area contributed by atoms with E-state index in [1.54, 1.807) is 6.92 Å². The van der Waals surface area contributed by atoms with Crippen LogP contribution in [0.5, 0.6) is 0 Å². The van der Waals surface area contributed by atoms with Crippen molar-refractivity contribution < 1.29 is 9.22 Å². The highest BCUT2D eigenvalue weighted by Crippen LogP contribution is 2.38. The standard InChI is InChI=1S/C14H26O2Si/c1-11(15)12-8-7-9-13(10-12)16-17(5,6)14(2,3)4/h10,13H,7-9H2,1-6H3/t13-/m1/s1. The Morgan fingerprint density at radius 3 is 2.47 bits per heavy atom. The average Bonchev–Trinajstić information content (AvgIpc) is 2.15. The summed E-state index contributed by atoms with van der Waals surface area (Å²) in [6.07, 6.45) is 5.27. The van der Waals surface area contributed by atoms with Crippen molar-refractivity contribution in [2.45, 2.75) is 71.2 Å². The first kappa shape index (κ1) is 14.6. The van der Waals surface area contributed by atoms with Crippen LogP contribution >= 0.6 is 0 Å². The number of allylic oxidation sites excluding steroid dienone is 1. The van der Waals surface area contributed by atoms with Crippen molar-refractivity contribution in [3.05, 3.63) is 11.6 Å². The number of ketones is 1. The molecule has 3 heteroatoms. The normalized spacial score (nSPS) is 22.2. The zero-order chi connectivity index (χ0) is 13.3. The molecule has 0 aromatic rings. The molecule has 0 heterocycles. The van der Waals surface area contributed by atoms with E-state index in [4.69, 9.17) is 4.43 Å². The van der Waals surface area contributed by atoms with E-state index in [9.17, 15) is 4.79 Å². The second-order valence-corrected chi connectivity index (χ2v) is 11.3. The Labute approximate surface area is 107 Å². The molecular formula is C14H26O2Si. The first-order valence-corrected chi connectivity index (χ1v) is 9.44. The van der Waals surface area contributed by atoms with Gasteiger partial charge in [-0.05, 0) is 49.9 Å². The third-order valence-electron chi connectivity index (χ3n) is 4.03. The predicted molar refractivity (Wildman–Crippen MR) is 74.7 cm³/mol. The van der Waals surface area contributed by atoms with E-state index in [1.807, 2.05) is 0 Å². The third kappa shape index (κ3) is 3.78. The second kappa shape index (κ2) is 5.07. The summed E-state index contributed by atoms with van der Waals surface area (Å²) in [4.78, 5) is 11.4. The van der Waals surface area contributed by atoms with Crippen LogP contribution in [0.25, 0.3) is 0 Å². The lowest BCUT2D eigenvalue weighted by Gasteiger charge is -2.39. The summed E-state index contributed by atoms with van der Waals surface area (Å²) >= 11 is 0. The highest BCUT2D eigenvalue weighted by atomic mass is 28.4. The first-order chi connectivity index (χ1) is 7.63. The maximum Gasteiger partial charge on any atom is 0.192 e. The largest absolute Gasteiger partial charge is 0.411 e. The quantitative estimate of drug-likeness (QED) is 0.709. The third-order valence-corrected chi connectivity index (χ3v) is 8.53. The molecule has 98 valence electrons. The summed E-state index contributed by atoms with van der Waals surface area (Å²) in [5.41, 5.74) is 0.958. The van der Waals surface area contributed by atoms with Crippen LogP contribution in [-0.4, -0.2) is 20.2 Å². The van der Waals surface area contributed by atoms with Gasteiger partial charge in [0.2, 0.25) is 0 Å². The van der Waals surface area contributed by atoms with Gasteiger partial charge >= 0.3 is 0 Å². The van der Waals surface area contributed by atoms with E-state index in [2.05, 4.69) is 39.9 Å². The average molecular weight is 254 g/mol. The maximum atomic E-state index is 11.4. The van der Waals surface area contributed by atoms with Gasteiger partial charge in [-0.15, -0.1) is 0 Å². The molecule has 1 atom stereocenters. The monoisotopic (exact) mass is 254 g/mol. The lowest BCUT2D eigenvalue weighted by Crippen LogP contribution is -2.44. The number of rotatable bonds is 3. The lowest BCUT2D eigenvalue weighted by molar-refractivity contribution is -0.113. The molecule has 0 amide bonds. The molecule has 17 heavy (non-hydrogen) atoms. The molecule has 0 saturated heterocycles. The topological polar surface area (TPSA) is 26.3 Å². The predicted octanol–water partition coefficient (Wildman–Crippen LogP) is 4.08. The fraction of sp³-hybridized carbons (Fsp3) is 0.786. The van der Waals surface area contributed by atoms with Crippen LogP contribution in [0.2, 0.25) is 18.1 Å². The molecule has 0 bridgehead atoms. The lowest BCUT2D eigenvalue weighted by atomic mass is 9.95. The summed E-state index contributed by atoms with van der Waals surface area (Å²) in [5.74, 6) is 0.202. The van der Waals surface area contributed by atoms with Gasteiger partial charge in [0.05, 0.1) is 6.10 Å². The number of carbonyl (C=O) groups is 1. The van der Waals surface area contributed by atoms with Crippen molar-refractivity contribution in [2.75, 3.05) is 0 Å². The Morgan fingerprint density at radius 1 is 1.41 bits per heavy atom. The van der Waals surface area contributed by atoms with Crippen molar-refractivity contribution in [1.29, 1.82) is 0 Å². The van der Waals surface area contributed by atoms with Crippen molar-refractivity contribution in [3.63, 3.8) is 0 Å². The molecular weight excluding hydrogens is 228 g/mol. The van der Waals surface area contributed by atoms with Crippen LogP contribution in [0.4, 0.5) is 0 Å². The van der Waals surface area contributed by atoms with Crippen LogP contribution in [-0.2, 0) is 9.22 Å². The number of hydrogen-bond donors (Lipinski definition) is 0. The van der Waals surface area contributed by atoms with Gasteiger partial charge in [-0.2, -0.15) is 0 Å². The smallest absolute Gasteiger partial charge is 0.192 e. The van der Waals surface area contributed by atoms with Gasteiger partial charge in [0.15, 0.2) is 14.1 Å². The molecule has 0 unspecified atom stereocenters. The van der Waals surface area contributed by atoms with Gasteiger partial charge in [0.25, 0.3) is 0 Å². The number of carbonyl (C=O) groups excluding carboxylic acids is 1. The fourth-order valence-electron chi connectivity index (χ4n) is 1.83. The number of Topliss-reactive ketones (excluding diaryl/α,β-unsaturated/α-hetero) is 1. The molecule has 0 saturated carbocycles. The highest BCUT2D eigenvalue weighted by Gasteiger charge is 2.39. The van der Waals surface area contributed by atoms with Gasteiger partial charge in [-0.1, -0.05) is 26.8 Å². The zero-order valence-corrected chi connectivity index (χ0v) is 13.1. The maximum absolute atomic E-state index is 11.4. The van der Waals surface area contributed by atoms with E-state index in [0.717, 1.165) is 24.8 Å². The molecule has 1 aliphatic carbocycles. The Balaban J connectivity index is 2.76. The van der Waals surface area contributed by atoms with Crippen LogP contribution in [0, 0.1) is 0 Å². The van der Waals surface area contributed by atoms with E-state index in [1.165, 1.54) is 0 Å². The minimum Gasteiger partial charge on any atom is -0.411 e. The van der Waals surface area contributed by atoms with Gasteiger partial charge < -0.3 is 4.43 Å². The van der Waals surface area contributed by atoms with Crippen LogP contribution in [0.1, 0.15) is 47.0 Å². The molecule has 1 rings (SSSR count). The fourth-order valence-corrected chi connectivity index (χ4v) is 3.12. The summed E-state index contributed by atoms with van der Waals surface area (Å²) < 4.78 is 6.33. The molecule has 0 N–H and O–H groups in total. The minimum atomic E-state index is -1.71. The Bertz CT molecular complexity index is 324. The highest BCUT2D eigenvalue weighted by molar-refractivity contribution is 6.74. The molecule has 0 fully saturated rings. The van der Waals surface area contributed by atoms with E-state index in [-0.39, 0.29) is 16.9 Å². The SMILES string of the molecule is CC(=O)C1=C[C@H](O[Si](C)(C)C(C)(C)C)CCC1. The van der Waals surface area contributed by atoms with Gasteiger partial charge in [0.1, 0.15) is 0 Å². The molecule has 2 nitrogen and oxygen atoms in total. The first-order valence-electron chi connectivity index (χ1n) is 6.53. The van der Waals surface area contributed by atoms with E-state index < -0.39 is 8.32 Å². The molecule has 0 radical (unpaired) electrons. The summed E-state index contributed by atoms with van der Waals surface area (Å²) in [7, 11) is -1.71. The molecule has 0 aliphatic heterocycles. The van der Waals surface area contributed by atoms with E-state index in [0.29, 0.717) is 0 Å². The van der Waals surface area contributed by atoms with Crippen molar-refractivity contribution >= 4 is 14.1 Å². The summed E-state index contributed by atoms with van der Waals surface area (Å²) in [6, 6.07) is 0. The Hall–Kier alpha value is -0.413. The molecule has 1 aliphatic rings. The minimum absolute atomic E-state index is 0.156. The van der Waals surface area contributed by atoms with E-state index >= 15 is 0 Å². The number of hydrogen-bond acceptors (Lipinski definition) is 2. The van der Waals surface area contributed by atoms with Crippen LogP contribution in [0.15, 0.2) is 11.6 Å². The van der Waals surface area contributed by atoms with Gasteiger partial charge in [0, 0.05) is 0 Å². The van der Waals surface area contributed by atoms with Crippen LogP contribution in [0.3, 0.4) is 0 Å². The Kier molecular flexibility index (Phi) is 4.36. The summed E-state index contributed by atoms with van der Waals surface area (Å²) in [6.45, 7) is 12.9. The second-order valence-electron chi connectivity index (χ2n) is 6.56. The van der Waals surface area contributed by atoms with Crippen molar-refractivity contribution in [2.24, 2.45) is 0 Å². The zero-order valence-electron chi connectivity index (χ0n) is 12.1. The van der Waals surface area contributed by atoms with Crippen LogP contribution < -0.4 is 0 Å². The molecule has 0 aromatic heterocycles. The Morgan fingerprint density at radius 2 is 2.00 bits per heavy atom. The summed E-state index contributed by atoms with van der Waals surface area (Å²) in [5, 5.41) is 0.231. The van der Waals surface area contributed by atoms with Gasteiger partial charge in [-0.25, -0.2) is 0 Å². The molecule has 0 aromatic carbocycles.